The van der Waals surface area contributed by atoms with Gasteiger partial charge >= 0.3 is 0 Å². The summed E-state index contributed by atoms with van der Waals surface area (Å²) in [6, 6.07) is 9.79. The molecule has 0 aliphatic rings. The molecule has 88 valence electrons. The molecule has 0 saturated heterocycles. The molecule has 0 aliphatic heterocycles. The van der Waals surface area contributed by atoms with Gasteiger partial charge < -0.3 is 10.1 Å². The summed E-state index contributed by atoms with van der Waals surface area (Å²) in [4.78, 5) is 11.5. The van der Waals surface area contributed by atoms with Crippen molar-refractivity contribution in [2.24, 2.45) is 0 Å². The number of nitrogens with one attached hydrogen (secondary N) is 1. The zero-order valence-corrected chi connectivity index (χ0v) is 10.4. The second kappa shape index (κ2) is 6.55. The van der Waals surface area contributed by atoms with Crippen LogP contribution in [0.15, 0.2) is 30.3 Å². The number of rotatable bonds is 5. The Morgan fingerprint density at radius 1 is 1.38 bits per heavy atom. The van der Waals surface area contributed by atoms with Crippen LogP contribution in [0, 0.1) is 0 Å². The molecule has 0 bridgehead atoms. The van der Waals surface area contributed by atoms with Crippen molar-refractivity contribution < 1.29 is 9.53 Å². The summed E-state index contributed by atoms with van der Waals surface area (Å²) in [5.41, 5.74) is 0.307. The van der Waals surface area contributed by atoms with Crippen LogP contribution in [0.4, 0.5) is 0 Å². The van der Waals surface area contributed by atoms with Gasteiger partial charge in [-0.3, -0.25) is 4.79 Å². The first-order valence-corrected chi connectivity index (χ1v) is 5.75. The van der Waals surface area contributed by atoms with Gasteiger partial charge in [-0.15, -0.1) is 12.6 Å². The first-order chi connectivity index (χ1) is 7.59. The van der Waals surface area contributed by atoms with Crippen molar-refractivity contribution in [3.63, 3.8) is 0 Å². The Kier molecular flexibility index (Phi) is 5.35. The second-order valence-electron chi connectivity index (χ2n) is 3.81. The molecule has 1 aromatic rings. The van der Waals surface area contributed by atoms with Gasteiger partial charge in [-0.2, -0.15) is 0 Å². The topological polar surface area (TPSA) is 38.3 Å². The summed E-state index contributed by atoms with van der Waals surface area (Å²) in [5, 5.41) is 2.74. The first-order valence-electron chi connectivity index (χ1n) is 5.23. The summed E-state index contributed by atoms with van der Waals surface area (Å²) in [6.07, 6.45) is 0. The third-order valence-corrected chi connectivity index (χ3v) is 2.29. The van der Waals surface area contributed by atoms with Crippen LogP contribution in [0.3, 0.4) is 0 Å². The lowest BCUT2D eigenvalue weighted by atomic mass is 10.2. The van der Waals surface area contributed by atoms with Crippen LogP contribution >= 0.6 is 12.6 Å². The molecule has 16 heavy (non-hydrogen) atoms. The standard InChI is InChI=1S/C12H17NO2S/c1-9(2)13-11(14)12(16)15-8-10-6-4-3-5-7-10/h3-7,9,12,16H,8H2,1-2H3,(H,13,14). The Bertz CT molecular complexity index is 327. The van der Waals surface area contributed by atoms with Crippen LogP contribution in [0.1, 0.15) is 19.4 Å². The minimum absolute atomic E-state index is 0.0995. The Hall–Kier alpha value is -1.00. The molecule has 0 aliphatic carbocycles. The number of ether oxygens (including phenoxy) is 1. The monoisotopic (exact) mass is 239 g/mol. The molecule has 1 unspecified atom stereocenters. The highest BCUT2D eigenvalue weighted by Crippen LogP contribution is 2.06. The van der Waals surface area contributed by atoms with E-state index in [9.17, 15) is 4.79 Å². The normalized spacial score (nSPS) is 12.5. The maximum atomic E-state index is 11.5. The highest BCUT2D eigenvalue weighted by Gasteiger charge is 2.14. The molecule has 1 rings (SSSR count). The van der Waals surface area contributed by atoms with Gasteiger partial charge in [-0.05, 0) is 19.4 Å². The summed E-state index contributed by atoms with van der Waals surface area (Å²) in [6.45, 7) is 4.19. The SMILES string of the molecule is CC(C)NC(=O)C(S)OCc1ccccc1. The van der Waals surface area contributed by atoms with Gasteiger partial charge in [-0.25, -0.2) is 0 Å². The number of thiol groups is 1. The second-order valence-corrected chi connectivity index (χ2v) is 4.28. The molecule has 1 aromatic carbocycles. The van der Waals surface area contributed by atoms with E-state index in [-0.39, 0.29) is 11.9 Å². The average Bonchev–Trinajstić information content (AvgIpc) is 2.26. The van der Waals surface area contributed by atoms with Gasteiger partial charge in [0.2, 0.25) is 0 Å². The first kappa shape index (κ1) is 13.1. The highest BCUT2D eigenvalue weighted by atomic mass is 32.1. The Morgan fingerprint density at radius 3 is 2.56 bits per heavy atom. The van der Waals surface area contributed by atoms with E-state index in [4.69, 9.17) is 4.74 Å². The van der Waals surface area contributed by atoms with Crippen LogP contribution in [0.2, 0.25) is 0 Å². The molecule has 4 heteroatoms. The Labute approximate surface area is 102 Å². The largest absolute Gasteiger partial charge is 0.353 e. The van der Waals surface area contributed by atoms with Gasteiger partial charge in [0.05, 0.1) is 6.61 Å². The lowest BCUT2D eigenvalue weighted by Crippen LogP contribution is -2.37. The van der Waals surface area contributed by atoms with E-state index in [1.54, 1.807) is 0 Å². The number of hydrogen-bond acceptors (Lipinski definition) is 3. The highest BCUT2D eigenvalue weighted by molar-refractivity contribution is 7.81. The van der Waals surface area contributed by atoms with Gasteiger partial charge in [-0.1, -0.05) is 30.3 Å². The number of amides is 1. The average molecular weight is 239 g/mol. The minimum Gasteiger partial charge on any atom is -0.353 e. The summed E-state index contributed by atoms with van der Waals surface area (Å²) in [7, 11) is 0. The molecule has 0 spiro atoms. The van der Waals surface area contributed by atoms with Crippen molar-refractivity contribution in [3.8, 4) is 0 Å². The van der Waals surface area contributed by atoms with E-state index in [0.717, 1.165) is 5.56 Å². The van der Waals surface area contributed by atoms with Crippen molar-refractivity contribution in [2.75, 3.05) is 0 Å². The van der Waals surface area contributed by atoms with Crippen LogP contribution in [0.25, 0.3) is 0 Å². The van der Waals surface area contributed by atoms with Gasteiger partial charge in [0.25, 0.3) is 5.91 Å². The van der Waals surface area contributed by atoms with E-state index in [1.807, 2.05) is 44.2 Å². The molecule has 1 amide bonds. The minimum atomic E-state index is -0.720. The van der Waals surface area contributed by atoms with E-state index >= 15 is 0 Å². The fourth-order valence-electron chi connectivity index (χ4n) is 1.18. The van der Waals surface area contributed by atoms with Gasteiger partial charge in [0, 0.05) is 6.04 Å². The Balaban J connectivity index is 2.35. The molecule has 3 nitrogen and oxygen atoms in total. The Morgan fingerprint density at radius 2 is 2.00 bits per heavy atom. The zero-order chi connectivity index (χ0) is 12.0. The van der Waals surface area contributed by atoms with Crippen LogP contribution < -0.4 is 5.32 Å². The number of benzene rings is 1. The maximum Gasteiger partial charge on any atom is 0.259 e. The molecule has 0 saturated carbocycles. The molecule has 1 atom stereocenters. The fourth-order valence-corrected chi connectivity index (χ4v) is 1.33. The third kappa shape index (κ3) is 4.68. The summed E-state index contributed by atoms with van der Waals surface area (Å²) >= 11 is 4.10. The molecule has 0 heterocycles. The van der Waals surface area contributed by atoms with E-state index in [2.05, 4.69) is 17.9 Å². The van der Waals surface area contributed by atoms with Crippen LogP contribution in [0.5, 0.6) is 0 Å². The molecular weight excluding hydrogens is 222 g/mol. The summed E-state index contributed by atoms with van der Waals surface area (Å²) < 4.78 is 5.34. The van der Waals surface area contributed by atoms with Crippen molar-refractivity contribution in [1.29, 1.82) is 0 Å². The van der Waals surface area contributed by atoms with Crippen molar-refractivity contribution in [3.05, 3.63) is 35.9 Å². The van der Waals surface area contributed by atoms with Crippen LogP contribution in [-0.2, 0) is 16.1 Å². The lowest BCUT2D eigenvalue weighted by molar-refractivity contribution is -0.128. The molecular formula is C12H17NO2S. The van der Waals surface area contributed by atoms with Crippen molar-refractivity contribution in [2.45, 2.75) is 31.9 Å². The van der Waals surface area contributed by atoms with Crippen molar-refractivity contribution >= 4 is 18.5 Å². The van der Waals surface area contributed by atoms with Gasteiger partial charge in [0.15, 0.2) is 5.44 Å². The smallest absolute Gasteiger partial charge is 0.259 e. The van der Waals surface area contributed by atoms with E-state index in [1.165, 1.54) is 0 Å². The quantitative estimate of drug-likeness (QED) is 0.609. The predicted molar refractivity (Wildman–Crippen MR) is 67.3 cm³/mol. The lowest BCUT2D eigenvalue weighted by Gasteiger charge is -2.14. The van der Waals surface area contributed by atoms with Crippen LogP contribution in [-0.4, -0.2) is 17.4 Å². The fraction of sp³-hybridized carbons (Fsp3) is 0.417. The maximum absolute atomic E-state index is 11.5. The van der Waals surface area contributed by atoms with E-state index < -0.39 is 5.44 Å². The zero-order valence-electron chi connectivity index (χ0n) is 9.51. The van der Waals surface area contributed by atoms with Crippen molar-refractivity contribution in [1.82, 2.24) is 5.32 Å². The predicted octanol–water partition coefficient (Wildman–Crippen LogP) is 1.98. The van der Waals surface area contributed by atoms with E-state index in [0.29, 0.717) is 6.61 Å². The molecule has 0 radical (unpaired) electrons. The number of hydrogen-bond donors (Lipinski definition) is 2. The summed E-state index contributed by atoms with van der Waals surface area (Å²) in [5.74, 6) is -0.200. The third-order valence-electron chi connectivity index (χ3n) is 1.91. The molecule has 1 N–H and O–H groups in total. The molecule has 0 aromatic heterocycles. The molecule has 0 fully saturated rings. The number of carbonyl (C=O) groups is 1. The number of carbonyl (C=O) groups excluding carboxylic acids is 1. The van der Waals surface area contributed by atoms with Gasteiger partial charge in [0.1, 0.15) is 0 Å².